The van der Waals surface area contributed by atoms with Crippen LogP contribution in [0.1, 0.15) is 0 Å². The van der Waals surface area contributed by atoms with Crippen LogP contribution >= 0.6 is 0 Å². The fourth-order valence-corrected chi connectivity index (χ4v) is 0.562. The SMILES string of the molecule is OC1=C=C(C(F)(F)F)NC=C1. The standard InChI is InChI=1S/C6H4F3NO/c7-6(8,9)5-3-4(11)1-2-10-5/h1-2,10-11H. The zero-order valence-corrected chi connectivity index (χ0v) is 5.24. The number of allylic oxidation sites excluding steroid dienone is 1. The predicted molar refractivity (Wildman–Crippen MR) is 31.5 cm³/mol. The van der Waals surface area contributed by atoms with E-state index in [1.165, 1.54) is 0 Å². The van der Waals surface area contributed by atoms with Crippen molar-refractivity contribution in [2.24, 2.45) is 0 Å². The number of alkyl halides is 3. The summed E-state index contributed by atoms with van der Waals surface area (Å²) >= 11 is 0. The van der Waals surface area contributed by atoms with E-state index in [4.69, 9.17) is 5.11 Å². The molecule has 5 heteroatoms. The number of hydrogen-bond donors (Lipinski definition) is 2. The summed E-state index contributed by atoms with van der Waals surface area (Å²) in [5.41, 5.74) is 0.637. The molecule has 0 spiro atoms. The Hall–Kier alpha value is -1.35. The lowest BCUT2D eigenvalue weighted by Crippen LogP contribution is -2.23. The van der Waals surface area contributed by atoms with Crippen LogP contribution in [-0.4, -0.2) is 11.3 Å². The molecule has 0 fully saturated rings. The second-order valence-corrected chi connectivity index (χ2v) is 1.86. The minimum atomic E-state index is -4.49. The van der Waals surface area contributed by atoms with E-state index in [1.54, 1.807) is 5.73 Å². The third-order valence-electron chi connectivity index (χ3n) is 1.01. The Morgan fingerprint density at radius 3 is 2.45 bits per heavy atom. The molecule has 1 rings (SSSR count). The van der Waals surface area contributed by atoms with Gasteiger partial charge in [0.1, 0.15) is 0 Å². The molecule has 1 aliphatic rings. The summed E-state index contributed by atoms with van der Waals surface area (Å²) in [5.74, 6) is -0.531. The summed E-state index contributed by atoms with van der Waals surface area (Å²) in [7, 11) is 0. The maximum Gasteiger partial charge on any atom is 0.438 e. The molecule has 0 aromatic rings. The minimum Gasteiger partial charge on any atom is -0.501 e. The maximum absolute atomic E-state index is 11.8. The van der Waals surface area contributed by atoms with Crippen molar-refractivity contribution in [2.45, 2.75) is 6.18 Å². The van der Waals surface area contributed by atoms with Gasteiger partial charge in [0.05, 0.1) is 0 Å². The van der Waals surface area contributed by atoms with Crippen LogP contribution in [0.4, 0.5) is 13.2 Å². The zero-order chi connectivity index (χ0) is 8.48. The molecule has 0 aromatic heterocycles. The van der Waals surface area contributed by atoms with Crippen molar-refractivity contribution in [3.8, 4) is 0 Å². The highest BCUT2D eigenvalue weighted by Gasteiger charge is 2.34. The van der Waals surface area contributed by atoms with E-state index in [-0.39, 0.29) is 0 Å². The summed E-state index contributed by atoms with van der Waals surface area (Å²) in [5, 5.41) is 10.5. The monoisotopic (exact) mass is 163 g/mol. The summed E-state index contributed by atoms with van der Waals surface area (Å²) in [6, 6.07) is 0. The summed E-state index contributed by atoms with van der Waals surface area (Å²) < 4.78 is 35.4. The van der Waals surface area contributed by atoms with Gasteiger partial charge in [0, 0.05) is 12.3 Å². The molecule has 2 N–H and O–H groups in total. The van der Waals surface area contributed by atoms with Gasteiger partial charge in [-0.3, -0.25) is 0 Å². The minimum absolute atomic E-state index is 0.531. The molecule has 0 unspecified atom stereocenters. The molecule has 0 saturated carbocycles. The van der Waals surface area contributed by atoms with E-state index >= 15 is 0 Å². The Balaban J connectivity index is 3.01. The highest BCUT2D eigenvalue weighted by atomic mass is 19.4. The second kappa shape index (κ2) is 2.36. The maximum atomic E-state index is 11.8. The number of hydrogen-bond acceptors (Lipinski definition) is 2. The molecular formula is C6H4F3NO. The molecule has 2 nitrogen and oxygen atoms in total. The topological polar surface area (TPSA) is 32.3 Å². The molecule has 0 saturated heterocycles. The van der Waals surface area contributed by atoms with Gasteiger partial charge in [-0.15, -0.1) is 0 Å². The van der Waals surface area contributed by atoms with Crippen LogP contribution < -0.4 is 5.32 Å². The van der Waals surface area contributed by atoms with Crippen molar-refractivity contribution in [2.75, 3.05) is 0 Å². The van der Waals surface area contributed by atoms with E-state index in [0.717, 1.165) is 12.3 Å². The van der Waals surface area contributed by atoms with Gasteiger partial charge >= 0.3 is 6.18 Å². The van der Waals surface area contributed by atoms with Crippen molar-refractivity contribution >= 4 is 0 Å². The Labute approximate surface area is 60.3 Å². The zero-order valence-electron chi connectivity index (χ0n) is 5.24. The van der Waals surface area contributed by atoms with E-state index in [1.807, 2.05) is 5.32 Å². The molecule has 60 valence electrons. The fourth-order valence-electron chi connectivity index (χ4n) is 0.562. The van der Waals surface area contributed by atoms with Gasteiger partial charge in [-0.2, -0.15) is 13.2 Å². The van der Waals surface area contributed by atoms with Gasteiger partial charge < -0.3 is 10.4 Å². The number of nitrogens with one attached hydrogen (secondary N) is 1. The molecule has 0 radical (unpaired) electrons. The van der Waals surface area contributed by atoms with Crippen LogP contribution in [0, 0.1) is 0 Å². The normalized spacial score (nSPS) is 17.0. The van der Waals surface area contributed by atoms with Crippen LogP contribution in [0.15, 0.2) is 29.5 Å². The largest absolute Gasteiger partial charge is 0.501 e. The third-order valence-corrected chi connectivity index (χ3v) is 1.01. The van der Waals surface area contributed by atoms with Gasteiger partial charge in [-0.25, -0.2) is 0 Å². The van der Waals surface area contributed by atoms with Crippen LogP contribution in [0.3, 0.4) is 0 Å². The van der Waals surface area contributed by atoms with E-state index in [9.17, 15) is 13.2 Å². The van der Waals surface area contributed by atoms with Gasteiger partial charge in [-0.1, -0.05) is 0 Å². The Morgan fingerprint density at radius 2 is 2.09 bits per heavy atom. The third kappa shape index (κ3) is 1.78. The van der Waals surface area contributed by atoms with Gasteiger partial charge in [0.2, 0.25) is 0 Å². The lowest BCUT2D eigenvalue weighted by molar-refractivity contribution is -0.0954. The van der Waals surface area contributed by atoms with Gasteiger partial charge in [0.25, 0.3) is 0 Å². The number of halogens is 3. The predicted octanol–water partition coefficient (Wildman–Crippen LogP) is 1.59. The quantitative estimate of drug-likeness (QED) is 0.531. The molecule has 11 heavy (non-hydrogen) atoms. The number of rotatable bonds is 0. The lowest BCUT2D eigenvalue weighted by Gasteiger charge is -2.10. The average Bonchev–Trinajstić information content (AvgIpc) is 1.86. The Bertz CT molecular complexity index is 257. The second-order valence-electron chi connectivity index (χ2n) is 1.86. The molecule has 1 aliphatic heterocycles. The van der Waals surface area contributed by atoms with E-state index < -0.39 is 17.6 Å². The summed E-state index contributed by atoms with van der Waals surface area (Å²) in [6.45, 7) is 0. The molecule has 0 aromatic carbocycles. The molecule has 0 bridgehead atoms. The van der Waals surface area contributed by atoms with Crippen LogP contribution in [0.25, 0.3) is 0 Å². The lowest BCUT2D eigenvalue weighted by atomic mass is 10.3. The van der Waals surface area contributed by atoms with Crippen LogP contribution in [-0.2, 0) is 0 Å². The molecular weight excluding hydrogens is 159 g/mol. The highest BCUT2D eigenvalue weighted by Crippen LogP contribution is 2.23. The van der Waals surface area contributed by atoms with Crippen LogP contribution in [0.2, 0.25) is 0 Å². The Kier molecular flexibility index (Phi) is 1.66. The smallest absolute Gasteiger partial charge is 0.438 e. The first-order valence-electron chi connectivity index (χ1n) is 2.70. The van der Waals surface area contributed by atoms with E-state index in [0.29, 0.717) is 0 Å². The van der Waals surface area contributed by atoms with Crippen molar-refractivity contribution in [1.29, 1.82) is 0 Å². The first-order chi connectivity index (χ1) is 5.00. The Morgan fingerprint density at radius 1 is 1.45 bits per heavy atom. The number of aliphatic hydroxyl groups excluding tert-OH is 1. The van der Waals surface area contributed by atoms with Crippen molar-refractivity contribution in [3.05, 3.63) is 29.5 Å². The first kappa shape index (κ1) is 7.75. The molecule has 0 atom stereocenters. The van der Waals surface area contributed by atoms with Crippen molar-refractivity contribution in [3.63, 3.8) is 0 Å². The average molecular weight is 163 g/mol. The first-order valence-corrected chi connectivity index (χ1v) is 2.70. The molecule has 1 heterocycles. The number of aliphatic hydroxyl groups is 1. The molecule has 0 aliphatic carbocycles. The summed E-state index contributed by atoms with van der Waals surface area (Å²) in [6.07, 6.45) is -2.41. The highest BCUT2D eigenvalue weighted by molar-refractivity contribution is 5.22. The molecule has 0 amide bonds. The van der Waals surface area contributed by atoms with Crippen LogP contribution in [0.5, 0.6) is 0 Å². The van der Waals surface area contributed by atoms with Gasteiger partial charge in [0.15, 0.2) is 11.5 Å². The van der Waals surface area contributed by atoms with E-state index in [2.05, 4.69) is 0 Å². The van der Waals surface area contributed by atoms with Crippen molar-refractivity contribution in [1.82, 2.24) is 5.32 Å². The summed E-state index contributed by atoms with van der Waals surface area (Å²) in [4.78, 5) is 0. The fraction of sp³-hybridized carbons (Fsp3) is 0.167. The van der Waals surface area contributed by atoms with Gasteiger partial charge in [-0.05, 0) is 5.73 Å². The van der Waals surface area contributed by atoms with Crippen molar-refractivity contribution < 1.29 is 18.3 Å².